The molecule has 1 aliphatic rings. The maximum Gasteiger partial charge on any atom is 0.0945 e. The van der Waals surface area contributed by atoms with Crippen LogP contribution in [0.25, 0.3) is 0 Å². The van der Waals surface area contributed by atoms with Crippen molar-refractivity contribution in [2.24, 2.45) is 11.8 Å². The molecular weight excluding hydrogens is 256 g/mol. The van der Waals surface area contributed by atoms with Crippen LogP contribution in [0.5, 0.6) is 0 Å². The topological polar surface area (TPSA) is 17.8 Å². The van der Waals surface area contributed by atoms with Crippen LogP contribution in [-0.2, 0) is 6.54 Å². The van der Waals surface area contributed by atoms with Crippen molar-refractivity contribution in [1.82, 2.24) is 9.55 Å². The third-order valence-electron chi connectivity index (χ3n) is 5.20. The van der Waals surface area contributed by atoms with Crippen LogP contribution in [0.15, 0.2) is 18.7 Å². The lowest BCUT2D eigenvalue weighted by Crippen LogP contribution is -2.13. The molecular formula is C19H34N2. The van der Waals surface area contributed by atoms with Crippen LogP contribution < -0.4 is 0 Å². The fraction of sp³-hybridized carbons (Fsp3) is 0.842. The first kappa shape index (κ1) is 16.6. The maximum atomic E-state index is 4.20. The van der Waals surface area contributed by atoms with Gasteiger partial charge in [-0.05, 0) is 24.7 Å². The quantitative estimate of drug-likeness (QED) is 0.496. The Bertz CT molecular complexity index is 338. The van der Waals surface area contributed by atoms with E-state index in [4.69, 9.17) is 0 Å². The van der Waals surface area contributed by atoms with Crippen LogP contribution in [0.4, 0.5) is 0 Å². The van der Waals surface area contributed by atoms with Crippen molar-refractivity contribution in [2.75, 3.05) is 0 Å². The molecule has 0 aliphatic heterocycles. The van der Waals surface area contributed by atoms with Crippen molar-refractivity contribution in [3.8, 4) is 0 Å². The molecule has 0 aromatic carbocycles. The van der Waals surface area contributed by atoms with Crippen molar-refractivity contribution in [3.05, 3.63) is 18.7 Å². The Hall–Kier alpha value is -0.790. The molecule has 0 bridgehead atoms. The zero-order valence-corrected chi connectivity index (χ0v) is 14.0. The van der Waals surface area contributed by atoms with E-state index in [2.05, 4.69) is 22.7 Å². The lowest BCUT2D eigenvalue weighted by molar-refractivity contribution is 0.284. The van der Waals surface area contributed by atoms with Crippen molar-refractivity contribution >= 4 is 0 Å². The van der Waals surface area contributed by atoms with Crippen LogP contribution in [0.1, 0.15) is 84.0 Å². The second-order valence-corrected chi connectivity index (χ2v) is 7.06. The van der Waals surface area contributed by atoms with Crippen LogP contribution in [0.3, 0.4) is 0 Å². The summed E-state index contributed by atoms with van der Waals surface area (Å²) in [6.07, 6.45) is 23.3. The largest absolute Gasteiger partial charge is 0.337 e. The fourth-order valence-corrected chi connectivity index (χ4v) is 3.83. The number of imidazole rings is 1. The standard InChI is InChI=1S/C19H34N2/c1-2-3-4-6-11-19(16-21-15-14-20-17-21)13-12-18-9-7-5-8-10-18/h14-15,17-19H,2-13,16H2,1H3. The van der Waals surface area contributed by atoms with Crippen LogP contribution >= 0.6 is 0 Å². The maximum absolute atomic E-state index is 4.20. The first-order valence-corrected chi connectivity index (χ1v) is 9.34. The first-order valence-electron chi connectivity index (χ1n) is 9.34. The highest BCUT2D eigenvalue weighted by Crippen LogP contribution is 2.30. The summed E-state index contributed by atoms with van der Waals surface area (Å²) >= 11 is 0. The van der Waals surface area contributed by atoms with Gasteiger partial charge in [0.2, 0.25) is 0 Å². The number of aromatic nitrogens is 2. The van der Waals surface area contributed by atoms with Crippen LogP contribution in [0, 0.1) is 11.8 Å². The molecule has 0 spiro atoms. The first-order chi connectivity index (χ1) is 10.4. The summed E-state index contributed by atoms with van der Waals surface area (Å²) < 4.78 is 2.28. The van der Waals surface area contributed by atoms with Gasteiger partial charge in [-0.1, -0.05) is 71.1 Å². The second-order valence-electron chi connectivity index (χ2n) is 7.06. The third kappa shape index (κ3) is 6.67. The molecule has 120 valence electrons. The Morgan fingerprint density at radius 1 is 1.10 bits per heavy atom. The minimum Gasteiger partial charge on any atom is -0.337 e. The molecule has 1 fully saturated rings. The smallest absolute Gasteiger partial charge is 0.0945 e. The molecule has 1 saturated carbocycles. The SMILES string of the molecule is CCCCCCC(CCC1CCCCC1)Cn1ccnc1. The van der Waals surface area contributed by atoms with Gasteiger partial charge < -0.3 is 4.57 Å². The minimum absolute atomic E-state index is 0.859. The van der Waals surface area contributed by atoms with Gasteiger partial charge in [-0.15, -0.1) is 0 Å². The normalized spacial score (nSPS) is 18.0. The van der Waals surface area contributed by atoms with Crippen molar-refractivity contribution in [1.29, 1.82) is 0 Å². The highest BCUT2D eigenvalue weighted by Gasteiger charge is 2.16. The Morgan fingerprint density at radius 2 is 1.95 bits per heavy atom. The summed E-state index contributed by atoms with van der Waals surface area (Å²) in [5.41, 5.74) is 0. The molecule has 0 N–H and O–H groups in total. The van der Waals surface area contributed by atoms with Gasteiger partial charge >= 0.3 is 0 Å². The predicted molar refractivity (Wildman–Crippen MR) is 90.3 cm³/mol. The Balaban J connectivity index is 1.73. The summed E-state index contributed by atoms with van der Waals surface area (Å²) in [6.45, 7) is 3.48. The Labute approximate surface area is 131 Å². The van der Waals surface area contributed by atoms with E-state index >= 15 is 0 Å². The zero-order chi connectivity index (χ0) is 14.8. The number of rotatable bonds is 10. The molecule has 21 heavy (non-hydrogen) atoms. The van der Waals surface area contributed by atoms with E-state index in [0.29, 0.717) is 0 Å². The van der Waals surface area contributed by atoms with Crippen molar-refractivity contribution < 1.29 is 0 Å². The molecule has 0 saturated heterocycles. The lowest BCUT2D eigenvalue weighted by Gasteiger charge is -2.24. The van der Waals surface area contributed by atoms with E-state index < -0.39 is 0 Å². The van der Waals surface area contributed by atoms with Gasteiger partial charge in [0.1, 0.15) is 0 Å². The molecule has 1 heterocycles. The summed E-state index contributed by atoms with van der Waals surface area (Å²) in [5.74, 6) is 1.89. The molecule has 0 amide bonds. The second kappa shape index (κ2) is 10.0. The van der Waals surface area contributed by atoms with Crippen molar-refractivity contribution in [2.45, 2.75) is 90.5 Å². The van der Waals surface area contributed by atoms with E-state index in [0.717, 1.165) is 11.8 Å². The highest BCUT2D eigenvalue weighted by atomic mass is 15.0. The lowest BCUT2D eigenvalue weighted by atomic mass is 9.83. The average Bonchev–Trinajstić information content (AvgIpc) is 3.03. The van der Waals surface area contributed by atoms with Gasteiger partial charge in [0.25, 0.3) is 0 Å². The highest BCUT2D eigenvalue weighted by molar-refractivity contribution is 4.76. The number of nitrogens with zero attached hydrogens (tertiary/aromatic N) is 2. The molecule has 1 unspecified atom stereocenters. The minimum atomic E-state index is 0.859. The van der Waals surface area contributed by atoms with E-state index in [1.54, 1.807) is 0 Å². The zero-order valence-electron chi connectivity index (χ0n) is 14.0. The van der Waals surface area contributed by atoms with Crippen molar-refractivity contribution in [3.63, 3.8) is 0 Å². The summed E-state index contributed by atoms with van der Waals surface area (Å²) in [5, 5.41) is 0. The number of hydrogen-bond donors (Lipinski definition) is 0. The fourth-order valence-electron chi connectivity index (χ4n) is 3.83. The van der Waals surface area contributed by atoms with Gasteiger partial charge in [-0.25, -0.2) is 4.98 Å². The molecule has 1 atom stereocenters. The summed E-state index contributed by atoms with van der Waals surface area (Å²) in [4.78, 5) is 4.20. The average molecular weight is 290 g/mol. The summed E-state index contributed by atoms with van der Waals surface area (Å²) in [6, 6.07) is 0. The van der Waals surface area contributed by atoms with Gasteiger partial charge in [-0.2, -0.15) is 0 Å². The molecule has 2 nitrogen and oxygen atoms in total. The molecule has 2 heteroatoms. The molecule has 1 aromatic rings. The van der Waals surface area contributed by atoms with E-state index in [9.17, 15) is 0 Å². The van der Waals surface area contributed by atoms with E-state index in [1.807, 2.05) is 12.5 Å². The predicted octanol–water partition coefficient (Wildman–Crippen LogP) is 5.83. The van der Waals surface area contributed by atoms with Gasteiger partial charge in [0, 0.05) is 18.9 Å². The van der Waals surface area contributed by atoms with Crippen LogP contribution in [-0.4, -0.2) is 9.55 Å². The number of hydrogen-bond acceptors (Lipinski definition) is 1. The summed E-state index contributed by atoms with van der Waals surface area (Å²) in [7, 11) is 0. The molecule has 1 aromatic heterocycles. The molecule has 2 rings (SSSR count). The Morgan fingerprint density at radius 3 is 2.67 bits per heavy atom. The number of unbranched alkanes of at least 4 members (excludes halogenated alkanes) is 3. The monoisotopic (exact) mass is 290 g/mol. The van der Waals surface area contributed by atoms with Gasteiger partial charge in [0.05, 0.1) is 6.33 Å². The third-order valence-corrected chi connectivity index (χ3v) is 5.20. The van der Waals surface area contributed by atoms with E-state index in [1.165, 1.54) is 83.6 Å². The van der Waals surface area contributed by atoms with Crippen LogP contribution in [0.2, 0.25) is 0 Å². The molecule has 1 aliphatic carbocycles. The van der Waals surface area contributed by atoms with E-state index in [-0.39, 0.29) is 0 Å². The van der Waals surface area contributed by atoms with Gasteiger partial charge in [-0.3, -0.25) is 0 Å². The Kier molecular flexibility index (Phi) is 7.91. The van der Waals surface area contributed by atoms with Gasteiger partial charge in [0.15, 0.2) is 0 Å². The molecule has 0 radical (unpaired) electrons.